The molecule has 3 rings (SSSR count). The van der Waals surface area contributed by atoms with E-state index >= 15 is 0 Å². The van der Waals surface area contributed by atoms with Crippen LogP contribution in [0.3, 0.4) is 0 Å². The molecule has 3 heteroatoms. The van der Waals surface area contributed by atoms with Gasteiger partial charge in [0.2, 0.25) is 0 Å². The van der Waals surface area contributed by atoms with Gasteiger partial charge in [-0.05, 0) is 63.1 Å². The fourth-order valence-electron chi connectivity index (χ4n) is 2.58. The number of benzene rings is 2. The van der Waals surface area contributed by atoms with Crippen LogP contribution in [0.1, 0.15) is 36.5 Å². The fraction of sp³-hybridized carbons (Fsp3) is 0.182. The monoisotopic (exact) mass is 330 g/mol. The second-order valence-corrected chi connectivity index (χ2v) is 6.13. The number of rotatable bonds is 4. The largest absolute Gasteiger partial charge is 0.454 e. The molecule has 0 aliphatic rings. The van der Waals surface area contributed by atoms with Crippen molar-refractivity contribution < 1.29 is 4.42 Å². The first kappa shape index (κ1) is 16.9. The Morgan fingerprint density at radius 2 is 1.04 bits per heavy atom. The average Bonchev–Trinajstić information content (AvgIpc) is 3.09. The molecule has 25 heavy (non-hydrogen) atoms. The third-order valence-corrected chi connectivity index (χ3v) is 4.13. The number of hydrogen-bond acceptors (Lipinski definition) is 3. The van der Waals surface area contributed by atoms with Gasteiger partial charge in [-0.2, -0.15) is 0 Å². The van der Waals surface area contributed by atoms with Gasteiger partial charge in [0.25, 0.3) is 0 Å². The summed E-state index contributed by atoms with van der Waals surface area (Å²) in [4.78, 5) is 9.37. The molecule has 2 aromatic carbocycles. The third-order valence-electron chi connectivity index (χ3n) is 4.13. The van der Waals surface area contributed by atoms with Crippen molar-refractivity contribution in [3.05, 3.63) is 83.3 Å². The predicted octanol–water partition coefficient (Wildman–Crippen LogP) is 6.18. The zero-order chi connectivity index (χ0) is 17.8. The van der Waals surface area contributed by atoms with Crippen molar-refractivity contribution in [1.82, 2.24) is 0 Å². The SMILES string of the molecule is C/C(=N\c1ccccc1C)c1ccc(/C(C)=N/c2ccccc2C)o1. The van der Waals surface area contributed by atoms with Crippen molar-refractivity contribution in [3.8, 4) is 0 Å². The minimum absolute atomic E-state index is 0.762. The summed E-state index contributed by atoms with van der Waals surface area (Å²) in [5, 5.41) is 0. The molecule has 1 heterocycles. The maximum atomic E-state index is 5.97. The molecule has 0 radical (unpaired) electrons. The summed E-state index contributed by atoms with van der Waals surface area (Å²) < 4.78 is 5.97. The number of para-hydroxylation sites is 2. The fourth-order valence-corrected chi connectivity index (χ4v) is 2.58. The van der Waals surface area contributed by atoms with E-state index in [9.17, 15) is 0 Å². The van der Waals surface area contributed by atoms with E-state index in [-0.39, 0.29) is 0 Å². The molecule has 0 amide bonds. The Hall–Kier alpha value is -2.94. The minimum atomic E-state index is 0.762. The smallest absolute Gasteiger partial charge is 0.148 e. The van der Waals surface area contributed by atoms with Crippen LogP contribution in [0.15, 0.2) is 75.1 Å². The lowest BCUT2D eigenvalue weighted by Gasteiger charge is -2.02. The van der Waals surface area contributed by atoms with Gasteiger partial charge in [-0.3, -0.25) is 0 Å². The van der Waals surface area contributed by atoms with E-state index in [4.69, 9.17) is 4.42 Å². The summed E-state index contributed by atoms with van der Waals surface area (Å²) in [6.45, 7) is 8.03. The number of aryl methyl sites for hydroxylation is 2. The summed E-state index contributed by atoms with van der Waals surface area (Å²) in [7, 11) is 0. The molecule has 126 valence electrons. The molecule has 3 aromatic rings. The Kier molecular flexibility index (Phi) is 4.94. The highest BCUT2D eigenvalue weighted by Crippen LogP contribution is 2.22. The molecule has 0 aliphatic carbocycles. The van der Waals surface area contributed by atoms with Crippen LogP contribution in [0.2, 0.25) is 0 Å². The van der Waals surface area contributed by atoms with E-state index in [1.165, 1.54) is 0 Å². The highest BCUT2D eigenvalue weighted by molar-refractivity contribution is 6.01. The Labute approximate surface area is 148 Å². The highest BCUT2D eigenvalue weighted by Gasteiger charge is 2.09. The Bertz CT molecular complexity index is 872. The molecule has 0 spiro atoms. The number of hydrogen-bond donors (Lipinski definition) is 0. The van der Waals surface area contributed by atoms with Crippen LogP contribution in [0.5, 0.6) is 0 Å². The maximum absolute atomic E-state index is 5.97. The van der Waals surface area contributed by atoms with Crippen molar-refractivity contribution in [3.63, 3.8) is 0 Å². The van der Waals surface area contributed by atoms with Gasteiger partial charge in [-0.15, -0.1) is 0 Å². The summed E-state index contributed by atoms with van der Waals surface area (Å²) in [6.07, 6.45) is 0. The summed E-state index contributed by atoms with van der Waals surface area (Å²) in [5.74, 6) is 1.52. The van der Waals surface area contributed by atoms with Gasteiger partial charge in [0.05, 0.1) is 22.8 Å². The van der Waals surface area contributed by atoms with Crippen LogP contribution in [0.25, 0.3) is 0 Å². The highest BCUT2D eigenvalue weighted by atomic mass is 16.3. The van der Waals surface area contributed by atoms with Crippen LogP contribution in [-0.2, 0) is 0 Å². The van der Waals surface area contributed by atoms with Crippen molar-refractivity contribution in [2.24, 2.45) is 9.98 Å². The second kappa shape index (κ2) is 7.31. The van der Waals surface area contributed by atoms with E-state index in [1.54, 1.807) is 0 Å². The third kappa shape index (κ3) is 3.94. The Morgan fingerprint density at radius 1 is 0.640 bits per heavy atom. The maximum Gasteiger partial charge on any atom is 0.148 e. The van der Waals surface area contributed by atoms with E-state index in [0.29, 0.717) is 0 Å². The van der Waals surface area contributed by atoms with Crippen molar-refractivity contribution in [2.45, 2.75) is 27.7 Å². The summed E-state index contributed by atoms with van der Waals surface area (Å²) in [5.41, 5.74) is 5.91. The van der Waals surface area contributed by atoms with Gasteiger partial charge in [-0.1, -0.05) is 36.4 Å². The van der Waals surface area contributed by atoms with Gasteiger partial charge in [0.15, 0.2) is 0 Å². The van der Waals surface area contributed by atoms with E-state index in [1.807, 2.05) is 62.4 Å². The Balaban J connectivity index is 1.87. The quantitative estimate of drug-likeness (QED) is 0.526. The van der Waals surface area contributed by atoms with Crippen LogP contribution < -0.4 is 0 Å². The van der Waals surface area contributed by atoms with Crippen molar-refractivity contribution >= 4 is 22.8 Å². The number of aliphatic imine (C=N–C) groups is 2. The van der Waals surface area contributed by atoms with Gasteiger partial charge in [0, 0.05) is 0 Å². The molecule has 0 saturated heterocycles. The van der Waals surface area contributed by atoms with Crippen LogP contribution in [0, 0.1) is 13.8 Å². The zero-order valence-corrected chi connectivity index (χ0v) is 15.1. The van der Waals surface area contributed by atoms with E-state index in [0.717, 1.165) is 45.4 Å². The molecule has 3 nitrogen and oxygen atoms in total. The standard InChI is InChI=1S/C22H22N2O/c1-15-9-5-7-11-19(15)23-17(3)21-13-14-22(25-21)18(4)24-20-12-8-6-10-16(20)2/h5-14H,1-4H3/b23-17+,24-18+. The topological polar surface area (TPSA) is 37.9 Å². The molecular weight excluding hydrogens is 308 g/mol. The predicted molar refractivity (Wildman–Crippen MR) is 105 cm³/mol. The van der Waals surface area contributed by atoms with Crippen molar-refractivity contribution in [1.29, 1.82) is 0 Å². The lowest BCUT2D eigenvalue weighted by atomic mass is 10.2. The minimum Gasteiger partial charge on any atom is -0.454 e. The van der Waals surface area contributed by atoms with Crippen LogP contribution in [0.4, 0.5) is 11.4 Å². The molecule has 0 saturated carbocycles. The van der Waals surface area contributed by atoms with Gasteiger partial charge < -0.3 is 4.42 Å². The Morgan fingerprint density at radius 3 is 1.44 bits per heavy atom. The molecule has 0 fully saturated rings. The second-order valence-electron chi connectivity index (χ2n) is 6.13. The van der Waals surface area contributed by atoms with Gasteiger partial charge >= 0.3 is 0 Å². The molecular formula is C22H22N2O. The zero-order valence-electron chi connectivity index (χ0n) is 15.1. The molecule has 0 aliphatic heterocycles. The lowest BCUT2D eigenvalue weighted by Crippen LogP contribution is -1.94. The first-order valence-corrected chi connectivity index (χ1v) is 8.37. The number of furan rings is 1. The number of nitrogens with zero attached hydrogens (tertiary/aromatic N) is 2. The van der Waals surface area contributed by atoms with E-state index < -0.39 is 0 Å². The molecule has 0 bridgehead atoms. The van der Waals surface area contributed by atoms with E-state index in [2.05, 4.69) is 36.0 Å². The molecule has 0 N–H and O–H groups in total. The molecule has 0 atom stereocenters. The average molecular weight is 330 g/mol. The van der Waals surface area contributed by atoms with Gasteiger partial charge in [0.1, 0.15) is 11.5 Å². The van der Waals surface area contributed by atoms with Gasteiger partial charge in [-0.25, -0.2) is 9.98 Å². The summed E-state index contributed by atoms with van der Waals surface area (Å²) >= 11 is 0. The normalized spacial score (nSPS) is 12.5. The first-order valence-electron chi connectivity index (χ1n) is 8.37. The van der Waals surface area contributed by atoms with Crippen molar-refractivity contribution in [2.75, 3.05) is 0 Å². The first-order chi connectivity index (χ1) is 12.0. The van der Waals surface area contributed by atoms with Crippen LogP contribution >= 0.6 is 0 Å². The molecule has 1 aromatic heterocycles. The summed E-state index contributed by atoms with van der Waals surface area (Å²) in [6, 6.07) is 20.0. The molecule has 0 unspecified atom stereocenters. The lowest BCUT2D eigenvalue weighted by molar-refractivity contribution is 0.548. The van der Waals surface area contributed by atoms with Crippen LogP contribution in [-0.4, -0.2) is 11.4 Å².